The molecule has 0 saturated heterocycles. The van der Waals surface area contributed by atoms with Crippen LogP contribution in [0.15, 0.2) is 17.4 Å². The monoisotopic (exact) mass is 330 g/mol. The number of aromatic nitrogens is 2. The Morgan fingerprint density at radius 1 is 1.35 bits per heavy atom. The Morgan fingerprint density at radius 2 is 2.13 bits per heavy atom. The summed E-state index contributed by atoms with van der Waals surface area (Å²) in [5.74, 6) is -0.121. The average molecular weight is 330 g/mol. The quantitative estimate of drug-likeness (QED) is 0.534. The number of nitrogens with one attached hydrogen (secondary N) is 1. The van der Waals surface area contributed by atoms with Gasteiger partial charge in [0.05, 0.1) is 16.3 Å². The summed E-state index contributed by atoms with van der Waals surface area (Å²) in [5.41, 5.74) is 6.66. The molecule has 6 heteroatoms. The first-order valence-electron chi connectivity index (χ1n) is 8.01. The number of hydrogen-bond donors (Lipinski definition) is 1. The van der Waals surface area contributed by atoms with Crippen LogP contribution >= 0.6 is 11.3 Å². The molecule has 1 aliphatic carbocycles. The molecule has 0 fully saturated rings. The van der Waals surface area contributed by atoms with Crippen molar-refractivity contribution in [1.82, 2.24) is 15.2 Å². The molecule has 0 aliphatic heterocycles. The highest BCUT2D eigenvalue weighted by Crippen LogP contribution is 2.28. The molecule has 0 saturated carbocycles. The Bertz CT molecular complexity index is 733. The third kappa shape index (κ3) is 3.52. The molecule has 0 spiro atoms. The maximum Gasteiger partial charge on any atom is 0.281 e. The highest BCUT2D eigenvalue weighted by Gasteiger charge is 2.16. The summed E-state index contributed by atoms with van der Waals surface area (Å²) in [6, 6.07) is 2.04. The number of carbonyl (C=O) groups is 1. The van der Waals surface area contributed by atoms with Crippen molar-refractivity contribution in [2.75, 3.05) is 0 Å². The van der Waals surface area contributed by atoms with E-state index in [1.807, 2.05) is 33.2 Å². The molecule has 1 amide bonds. The first-order chi connectivity index (χ1) is 11.0. The molecule has 1 aliphatic rings. The fourth-order valence-corrected chi connectivity index (χ4v) is 4.13. The van der Waals surface area contributed by atoms with Crippen LogP contribution in [0.3, 0.4) is 0 Å². The Balaban J connectivity index is 1.72. The van der Waals surface area contributed by atoms with Crippen molar-refractivity contribution in [3.63, 3.8) is 0 Å². The molecular weight excluding hydrogens is 308 g/mol. The molecule has 2 aromatic heterocycles. The van der Waals surface area contributed by atoms with Crippen LogP contribution < -0.4 is 5.43 Å². The molecule has 0 aromatic carbocycles. The highest BCUT2D eigenvalue weighted by molar-refractivity contribution is 7.14. The van der Waals surface area contributed by atoms with Crippen molar-refractivity contribution in [1.29, 1.82) is 0 Å². The fourth-order valence-electron chi connectivity index (χ4n) is 2.98. The summed E-state index contributed by atoms with van der Waals surface area (Å²) in [7, 11) is 1.88. The van der Waals surface area contributed by atoms with E-state index in [-0.39, 0.29) is 5.91 Å². The zero-order valence-corrected chi connectivity index (χ0v) is 14.7. The van der Waals surface area contributed by atoms with Crippen molar-refractivity contribution in [3.8, 4) is 0 Å². The summed E-state index contributed by atoms with van der Waals surface area (Å²) in [6.07, 6.45) is 7.85. The number of nitrogens with zero attached hydrogens (tertiary/aromatic N) is 3. The van der Waals surface area contributed by atoms with E-state index in [0.717, 1.165) is 34.7 Å². The predicted molar refractivity (Wildman–Crippen MR) is 93.2 cm³/mol. The molecular formula is C17H22N4OS. The predicted octanol–water partition coefficient (Wildman–Crippen LogP) is 3.21. The second-order valence-corrected chi connectivity index (χ2v) is 7.20. The molecule has 5 nitrogen and oxygen atoms in total. The van der Waals surface area contributed by atoms with Crippen molar-refractivity contribution in [2.24, 2.45) is 12.1 Å². The van der Waals surface area contributed by atoms with E-state index in [1.165, 1.54) is 29.7 Å². The van der Waals surface area contributed by atoms with Crippen molar-refractivity contribution in [3.05, 3.63) is 38.8 Å². The van der Waals surface area contributed by atoms with E-state index >= 15 is 0 Å². The number of hydrogen-bond acceptors (Lipinski definition) is 4. The van der Waals surface area contributed by atoms with Crippen molar-refractivity contribution >= 4 is 23.0 Å². The number of fused-ring (bicyclic) bond motifs is 1. The van der Waals surface area contributed by atoms with Gasteiger partial charge >= 0.3 is 0 Å². The minimum absolute atomic E-state index is 0.121. The van der Waals surface area contributed by atoms with Crippen molar-refractivity contribution < 1.29 is 4.79 Å². The van der Waals surface area contributed by atoms with Crippen LogP contribution in [-0.2, 0) is 19.9 Å². The first kappa shape index (κ1) is 15.9. The molecule has 0 radical (unpaired) electrons. The van der Waals surface area contributed by atoms with E-state index in [2.05, 4.69) is 15.6 Å². The van der Waals surface area contributed by atoms with Gasteiger partial charge < -0.3 is 0 Å². The van der Waals surface area contributed by atoms with Crippen LogP contribution in [0.5, 0.6) is 0 Å². The molecule has 1 N–H and O–H groups in total. The molecule has 3 rings (SSSR count). The van der Waals surface area contributed by atoms with Gasteiger partial charge in [-0.2, -0.15) is 10.2 Å². The molecule has 23 heavy (non-hydrogen) atoms. The van der Waals surface area contributed by atoms with Gasteiger partial charge in [-0.05, 0) is 51.2 Å². The molecule has 2 aromatic rings. The Kier molecular flexibility index (Phi) is 4.61. The lowest BCUT2D eigenvalue weighted by Gasteiger charge is -2.00. The van der Waals surface area contributed by atoms with E-state index in [9.17, 15) is 4.79 Å². The summed E-state index contributed by atoms with van der Waals surface area (Å²) >= 11 is 1.61. The standard InChI is InChI=1S/C17H22N4OS/c1-11(14-10-21(3)20-12(14)2)18-19-17(22)16-9-13-7-5-4-6-8-15(13)23-16/h9-10H,4-8H2,1-3H3,(H,19,22). The molecule has 0 atom stereocenters. The summed E-state index contributed by atoms with van der Waals surface area (Å²) in [5, 5.41) is 8.54. The van der Waals surface area contributed by atoms with E-state index in [1.54, 1.807) is 16.0 Å². The van der Waals surface area contributed by atoms with Crippen LogP contribution in [-0.4, -0.2) is 21.4 Å². The van der Waals surface area contributed by atoms with Crippen LogP contribution in [0.4, 0.5) is 0 Å². The van der Waals surface area contributed by atoms with E-state index < -0.39 is 0 Å². The largest absolute Gasteiger partial charge is 0.281 e. The van der Waals surface area contributed by atoms with E-state index in [0.29, 0.717) is 0 Å². The zero-order chi connectivity index (χ0) is 16.4. The number of aryl methyl sites for hydroxylation is 4. The Hall–Kier alpha value is -1.95. The number of hydrazone groups is 1. The van der Waals surface area contributed by atoms with Crippen LogP contribution in [0, 0.1) is 6.92 Å². The molecule has 122 valence electrons. The van der Waals surface area contributed by atoms with Gasteiger partial charge in [-0.15, -0.1) is 11.3 Å². The lowest BCUT2D eigenvalue weighted by atomic mass is 10.1. The SMILES string of the molecule is CC(=NNC(=O)c1cc2c(s1)CCCCC2)c1cn(C)nc1C. The fraction of sp³-hybridized carbons (Fsp3) is 0.471. The maximum absolute atomic E-state index is 12.3. The molecule has 2 heterocycles. The van der Waals surface area contributed by atoms with Gasteiger partial charge in [0, 0.05) is 23.7 Å². The smallest absolute Gasteiger partial charge is 0.275 e. The second-order valence-electron chi connectivity index (χ2n) is 6.06. The van der Waals surface area contributed by atoms with Gasteiger partial charge in [0.25, 0.3) is 5.91 Å². The maximum atomic E-state index is 12.3. The van der Waals surface area contributed by atoms with E-state index in [4.69, 9.17) is 0 Å². The van der Waals surface area contributed by atoms with Crippen LogP contribution in [0.1, 0.15) is 57.6 Å². The van der Waals surface area contributed by atoms with Gasteiger partial charge in [-0.1, -0.05) is 6.42 Å². The number of amides is 1. The second kappa shape index (κ2) is 6.66. The third-order valence-electron chi connectivity index (χ3n) is 4.20. The summed E-state index contributed by atoms with van der Waals surface area (Å²) in [6.45, 7) is 3.82. The molecule has 0 unspecified atom stereocenters. The number of carbonyl (C=O) groups excluding carboxylic acids is 1. The Labute approximate surface area is 140 Å². The lowest BCUT2D eigenvalue weighted by Crippen LogP contribution is -2.18. The minimum atomic E-state index is -0.121. The van der Waals surface area contributed by atoms with Gasteiger partial charge in [-0.3, -0.25) is 9.48 Å². The third-order valence-corrected chi connectivity index (χ3v) is 5.43. The van der Waals surface area contributed by atoms with Gasteiger partial charge in [0.1, 0.15) is 0 Å². The number of thiophene rings is 1. The molecule has 0 bridgehead atoms. The zero-order valence-electron chi connectivity index (χ0n) is 13.8. The highest BCUT2D eigenvalue weighted by atomic mass is 32.1. The topological polar surface area (TPSA) is 59.3 Å². The summed E-state index contributed by atoms with van der Waals surface area (Å²) < 4.78 is 1.75. The lowest BCUT2D eigenvalue weighted by molar-refractivity contribution is 0.0959. The first-order valence-corrected chi connectivity index (χ1v) is 8.83. The van der Waals surface area contributed by atoms with Crippen LogP contribution in [0.25, 0.3) is 0 Å². The number of rotatable bonds is 3. The van der Waals surface area contributed by atoms with Gasteiger partial charge in [-0.25, -0.2) is 5.43 Å². The Morgan fingerprint density at radius 3 is 2.87 bits per heavy atom. The summed E-state index contributed by atoms with van der Waals surface area (Å²) in [4.78, 5) is 14.5. The van der Waals surface area contributed by atoms with Gasteiger partial charge in [0.2, 0.25) is 0 Å². The average Bonchev–Trinajstić information content (AvgIpc) is 3.00. The van der Waals surface area contributed by atoms with Gasteiger partial charge in [0.15, 0.2) is 0 Å². The van der Waals surface area contributed by atoms with Crippen molar-refractivity contribution in [2.45, 2.75) is 46.0 Å². The normalized spacial score (nSPS) is 15.2. The van der Waals surface area contributed by atoms with Crippen LogP contribution in [0.2, 0.25) is 0 Å². The minimum Gasteiger partial charge on any atom is -0.275 e.